The Morgan fingerprint density at radius 2 is 1.43 bits per heavy atom. The average Bonchev–Trinajstić information content (AvgIpc) is 2.76. The number of carbonyl (C=O) groups is 1. The van der Waals surface area contributed by atoms with Gasteiger partial charge in [-0.1, -0.05) is 53.9 Å². The fourth-order valence-corrected chi connectivity index (χ4v) is 3.55. The van der Waals surface area contributed by atoms with E-state index in [1.54, 1.807) is 24.3 Å². The number of nitrogens with one attached hydrogen (secondary N) is 1. The molecule has 1 fully saturated rings. The van der Waals surface area contributed by atoms with Crippen LogP contribution < -0.4 is 10.2 Å². The molecule has 1 aliphatic rings. The van der Waals surface area contributed by atoms with Crippen molar-refractivity contribution < 1.29 is 9.53 Å². The van der Waals surface area contributed by atoms with Crippen molar-refractivity contribution in [2.75, 3.05) is 13.1 Å². The number of amides is 1. The van der Waals surface area contributed by atoms with Crippen LogP contribution in [-0.2, 0) is 0 Å². The lowest BCUT2D eigenvalue weighted by Gasteiger charge is -2.26. The van der Waals surface area contributed by atoms with Gasteiger partial charge >= 0.3 is 6.09 Å². The van der Waals surface area contributed by atoms with E-state index in [1.165, 1.54) is 12.6 Å². The highest BCUT2D eigenvalue weighted by atomic mass is 35.5. The lowest BCUT2D eigenvalue weighted by molar-refractivity contribution is 0.128. The first kappa shape index (κ1) is 20.6. The molecule has 0 unspecified atom stereocenters. The molecule has 3 aromatic rings. The molecule has 8 heteroatoms. The number of hydrazine groups is 1. The summed E-state index contributed by atoms with van der Waals surface area (Å²) in [6, 6.07) is 14.6. The van der Waals surface area contributed by atoms with Crippen LogP contribution in [0.2, 0.25) is 10.0 Å². The molecule has 1 amide bonds. The van der Waals surface area contributed by atoms with Crippen molar-refractivity contribution in [3.63, 3.8) is 0 Å². The molecule has 154 valence electrons. The lowest BCUT2D eigenvalue weighted by atomic mass is 10.0. The summed E-state index contributed by atoms with van der Waals surface area (Å²) in [5, 5.41) is 3.11. The van der Waals surface area contributed by atoms with Crippen molar-refractivity contribution in [2.24, 2.45) is 0 Å². The molecule has 1 aromatic heterocycles. The van der Waals surface area contributed by atoms with Gasteiger partial charge in [0.25, 0.3) is 0 Å². The zero-order chi connectivity index (χ0) is 20.9. The minimum absolute atomic E-state index is 0.118. The molecule has 0 saturated carbocycles. The highest BCUT2D eigenvalue weighted by molar-refractivity contribution is 6.31. The summed E-state index contributed by atoms with van der Waals surface area (Å²) in [4.78, 5) is 21.4. The first-order valence-electron chi connectivity index (χ1n) is 9.71. The molecule has 0 radical (unpaired) electrons. The predicted octanol–water partition coefficient (Wildman–Crippen LogP) is 5.61. The van der Waals surface area contributed by atoms with Crippen molar-refractivity contribution in [3.05, 3.63) is 64.8 Å². The number of nitrogens with zero attached hydrogens (tertiary/aromatic N) is 3. The topological polar surface area (TPSA) is 67.4 Å². The second-order valence-electron chi connectivity index (χ2n) is 6.97. The Kier molecular flexibility index (Phi) is 6.47. The third-order valence-electron chi connectivity index (χ3n) is 4.79. The maximum atomic E-state index is 12.3. The van der Waals surface area contributed by atoms with Gasteiger partial charge in [-0.3, -0.25) is 5.43 Å². The molecule has 0 bridgehead atoms. The van der Waals surface area contributed by atoms with E-state index in [2.05, 4.69) is 15.4 Å². The van der Waals surface area contributed by atoms with Crippen LogP contribution in [0.15, 0.2) is 54.7 Å². The second-order valence-corrected chi connectivity index (χ2v) is 7.84. The molecule has 2 aromatic carbocycles. The average molecular weight is 443 g/mol. The minimum atomic E-state index is -0.576. The van der Waals surface area contributed by atoms with Crippen LogP contribution in [0, 0.1) is 0 Å². The van der Waals surface area contributed by atoms with E-state index in [0.717, 1.165) is 37.1 Å². The van der Waals surface area contributed by atoms with Crippen molar-refractivity contribution in [2.45, 2.75) is 19.3 Å². The van der Waals surface area contributed by atoms with Crippen molar-refractivity contribution in [1.29, 1.82) is 0 Å². The number of piperidine rings is 1. The number of aromatic nitrogens is 2. The Labute approximate surface area is 184 Å². The Bertz CT molecular complexity index is 1020. The zero-order valence-electron chi connectivity index (χ0n) is 16.1. The fourth-order valence-electron chi connectivity index (χ4n) is 3.30. The van der Waals surface area contributed by atoms with E-state index in [-0.39, 0.29) is 5.88 Å². The largest absolute Gasteiger partial charge is 0.428 e. The van der Waals surface area contributed by atoms with E-state index in [4.69, 9.17) is 27.9 Å². The zero-order valence-corrected chi connectivity index (χ0v) is 17.7. The van der Waals surface area contributed by atoms with E-state index in [1.807, 2.05) is 29.3 Å². The summed E-state index contributed by atoms with van der Waals surface area (Å²) in [7, 11) is 0. The Balaban J connectivity index is 1.62. The summed E-state index contributed by atoms with van der Waals surface area (Å²) in [6.45, 7) is 1.62. The quantitative estimate of drug-likeness (QED) is 0.568. The standard InChI is InChI=1S/C22H20Cl2N4O2/c23-17-8-4-15(5-9-17)20-21(16-6-10-18(24)11-7-16)26-19(14-25-20)30-22(29)27-28-12-2-1-3-13-28/h4-11,14H,1-3,12-13H2,(H,27,29). The molecular formula is C22H20Cl2N4O2. The van der Waals surface area contributed by atoms with E-state index < -0.39 is 6.09 Å². The molecule has 1 saturated heterocycles. The van der Waals surface area contributed by atoms with Gasteiger partial charge in [-0.2, -0.15) is 0 Å². The highest BCUT2D eigenvalue weighted by Crippen LogP contribution is 2.31. The number of rotatable bonds is 4. The van der Waals surface area contributed by atoms with Gasteiger partial charge in [0, 0.05) is 34.3 Å². The monoisotopic (exact) mass is 442 g/mol. The Hall–Kier alpha value is -2.67. The minimum Gasteiger partial charge on any atom is -0.389 e. The summed E-state index contributed by atoms with van der Waals surface area (Å²) >= 11 is 12.0. The third-order valence-corrected chi connectivity index (χ3v) is 5.29. The van der Waals surface area contributed by atoms with Gasteiger partial charge in [0.2, 0.25) is 5.88 Å². The van der Waals surface area contributed by atoms with Gasteiger partial charge in [-0.15, -0.1) is 0 Å². The summed E-state index contributed by atoms with van der Waals surface area (Å²) in [6.07, 6.45) is 4.15. The number of hydrogen-bond acceptors (Lipinski definition) is 5. The van der Waals surface area contributed by atoms with Crippen LogP contribution in [0.5, 0.6) is 5.88 Å². The van der Waals surface area contributed by atoms with Crippen molar-refractivity contribution in [1.82, 2.24) is 20.4 Å². The maximum absolute atomic E-state index is 12.3. The fraction of sp³-hybridized carbons (Fsp3) is 0.227. The predicted molar refractivity (Wildman–Crippen MR) is 118 cm³/mol. The molecule has 0 spiro atoms. The molecule has 1 N–H and O–H groups in total. The molecule has 1 aliphatic heterocycles. The van der Waals surface area contributed by atoms with Crippen LogP contribution in [0.3, 0.4) is 0 Å². The van der Waals surface area contributed by atoms with E-state index >= 15 is 0 Å². The van der Waals surface area contributed by atoms with Gasteiger partial charge in [0.15, 0.2) is 0 Å². The molecule has 0 atom stereocenters. The first-order valence-corrected chi connectivity index (χ1v) is 10.5. The van der Waals surface area contributed by atoms with Gasteiger partial charge in [0.05, 0.1) is 11.9 Å². The van der Waals surface area contributed by atoms with Crippen LogP contribution in [-0.4, -0.2) is 34.2 Å². The van der Waals surface area contributed by atoms with Crippen molar-refractivity contribution in [3.8, 4) is 28.4 Å². The summed E-state index contributed by atoms with van der Waals surface area (Å²) in [5.41, 5.74) is 5.64. The van der Waals surface area contributed by atoms with Crippen LogP contribution in [0.25, 0.3) is 22.5 Å². The molecule has 2 heterocycles. The molecule has 4 rings (SSSR count). The smallest absolute Gasteiger partial charge is 0.389 e. The van der Waals surface area contributed by atoms with Gasteiger partial charge in [-0.25, -0.2) is 19.8 Å². The first-order chi connectivity index (χ1) is 14.6. The van der Waals surface area contributed by atoms with Gasteiger partial charge < -0.3 is 4.74 Å². The molecule has 0 aliphatic carbocycles. The number of ether oxygens (including phenoxy) is 1. The van der Waals surface area contributed by atoms with Crippen LogP contribution in [0.4, 0.5) is 4.79 Å². The summed E-state index contributed by atoms with van der Waals surface area (Å²) < 4.78 is 5.40. The molecule has 30 heavy (non-hydrogen) atoms. The van der Waals surface area contributed by atoms with Crippen molar-refractivity contribution >= 4 is 29.3 Å². The van der Waals surface area contributed by atoms with E-state index in [9.17, 15) is 4.79 Å². The Morgan fingerprint density at radius 3 is 2.03 bits per heavy atom. The summed E-state index contributed by atoms with van der Waals surface area (Å²) in [5.74, 6) is 0.118. The number of carbonyl (C=O) groups excluding carboxylic acids is 1. The van der Waals surface area contributed by atoms with Gasteiger partial charge in [-0.05, 0) is 37.1 Å². The molecular weight excluding hydrogens is 423 g/mol. The number of benzene rings is 2. The maximum Gasteiger partial charge on any atom is 0.428 e. The van der Waals surface area contributed by atoms with Crippen LogP contribution in [0.1, 0.15) is 19.3 Å². The number of halogens is 2. The Morgan fingerprint density at radius 1 is 0.867 bits per heavy atom. The highest BCUT2D eigenvalue weighted by Gasteiger charge is 2.17. The normalized spacial score (nSPS) is 14.3. The van der Waals surface area contributed by atoms with Gasteiger partial charge in [0.1, 0.15) is 5.69 Å². The lowest BCUT2D eigenvalue weighted by Crippen LogP contribution is -2.46. The number of hydrogen-bond donors (Lipinski definition) is 1. The van der Waals surface area contributed by atoms with Crippen LogP contribution >= 0.6 is 23.2 Å². The SMILES string of the molecule is O=C(NN1CCCCC1)Oc1cnc(-c2ccc(Cl)cc2)c(-c2ccc(Cl)cc2)n1. The second kappa shape index (κ2) is 9.43. The van der Waals surface area contributed by atoms with E-state index in [0.29, 0.717) is 21.4 Å². The third kappa shape index (κ3) is 5.08. The molecule has 6 nitrogen and oxygen atoms in total.